The Balaban J connectivity index is 3.43. The Hall–Kier alpha value is -0.770. The van der Waals surface area contributed by atoms with Gasteiger partial charge in [-0.1, -0.05) is 13.0 Å². The smallest absolute Gasteiger partial charge is 0.0697 e. The van der Waals surface area contributed by atoms with Crippen LogP contribution in [-0.4, -0.2) is 0 Å². The predicted octanol–water partition coefficient (Wildman–Crippen LogP) is 1.72. The Labute approximate surface area is 44.3 Å². The molecule has 1 unspecified atom stereocenters. The molecule has 1 heteroatoms. The van der Waals surface area contributed by atoms with Gasteiger partial charge in [-0.05, 0) is 6.42 Å². The van der Waals surface area contributed by atoms with E-state index in [1.807, 2.05) is 6.92 Å². The van der Waals surface area contributed by atoms with E-state index >= 15 is 0 Å². The molecule has 7 heavy (non-hydrogen) atoms. The maximum absolute atomic E-state index is 8.20. The molecule has 0 aromatic heterocycles. The fourth-order valence-corrected chi connectivity index (χ4v) is 0.311. The van der Waals surface area contributed by atoms with Crippen LogP contribution in [0.15, 0.2) is 12.7 Å². The third-order valence-corrected chi connectivity index (χ3v) is 0.890. The Morgan fingerprint density at radius 2 is 2.57 bits per heavy atom. The van der Waals surface area contributed by atoms with Crippen LogP contribution in [0.1, 0.15) is 13.3 Å². The maximum Gasteiger partial charge on any atom is 0.0697 e. The lowest BCUT2D eigenvalue weighted by atomic mass is 10.1. The second-order valence-corrected chi connectivity index (χ2v) is 1.38. The van der Waals surface area contributed by atoms with Crippen molar-refractivity contribution in [3.63, 3.8) is 0 Å². The van der Waals surface area contributed by atoms with Gasteiger partial charge in [0.05, 0.1) is 12.0 Å². The van der Waals surface area contributed by atoms with Crippen LogP contribution in [0.5, 0.6) is 0 Å². The number of hydrogen-bond acceptors (Lipinski definition) is 1. The van der Waals surface area contributed by atoms with E-state index < -0.39 is 0 Å². The van der Waals surface area contributed by atoms with Gasteiger partial charge >= 0.3 is 0 Å². The molecule has 0 aromatic carbocycles. The van der Waals surface area contributed by atoms with Crippen molar-refractivity contribution < 1.29 is 0 Å². The first kappa shape index (κ1) is 6.23. The number of rotatable bonds is 2. The highest BCUT2D eigenvalue weighted by Gasteiger charge is 1.92. The van der Waals surface area contributed by atoms with Crippen molar-refractivity contribution in [1.29, 1.82) is 5.26 Å². The van der Waals surface area contributed by atoms with Crippen molar-refractivity contribution >= 4 is 0 Å². The highest BCUT2D eigenvalue weighted by atomic mass is 14.2. The van der Waals surface area contributed by atoms with Gasteiger partial charge in [0.15, 0.2) is 0 Å². The van der Waals surface area contributed by atoms with Gasteiger partial charge in [0.25, 0.3) is 0 Å². The first-order valence-electron chi connectivity index (χ1n) is 2.37. The van der Waals surface area contributed by atoms with Gasteiger partial charge < -0.3 is 0 Å². The average molecular weight is 95.1 g/mol. The molecule has 0 saturated heterocycles. The minimum atomic E-state index is 0.0556. The lowest BCUT2D eigenvalue weighted by molar-refractivity contribution is 0.790. The quantitative estimate of drug-likeness (QED) is 0.479. The van der Waals surface area contributed by atoms with Crippen LogP contribution in [0.2, 0.25) is 0 Å². The van der Waals surface area contributed by atoms with E-state index in [4.69, 9.17) is 5.26 Å². The third kappa shape index (κ3) is 1.99. The first-order valence-corrected chi connectivity index (χ1v) is 2.37. The Bertz CT molecular complexity index is 88.8. The molecule has 1 nitrogen and oxygen atoms in total. The molecule has 0 amide bonds. The normalized spacial score (nSPS) is 12.0. The van der Waals surface area contributed by atoms with Gasteiger partial charge in [0.1, 0.15) is 0 Å². The van der Waals surface area contributed by atoms with Crippen LogP contribution in [0.3, 0.4) is 0 Å². The van der Waals surface area contributed by atoms with Crippen molar-refractivity contribution in [2.45, 2.75) is 13.3 Å². The SMILES string of the molecule is C=CC(C#N)CC. The summed E-state index contributed by atoms with van der Waals surface area (Å²) in [5, 5.41) is 8.20. The molecule has 0 aliphatic heterocycles. The van der Waals surface area contributed by atoms with E-state index in [1.165, 1.54) is 0 Å². The van der Waals surface area contributed by atoms with Gasteiger partial charge in [-0.25, -0.2) is 0 Å². The highest BCUT2D eigenvalue weighted by Crippen LogP contribution is 1.98. The summed E-state index contributed by atoms with van der Waals surface area (Å²) in [4.78, 5) is 0. The molecule has 1 atom stereocenters. The van der Waals surface area contributed by atoms with Crippen molar-refractivity contribution in [1.82, 2.24) is 0 Å². The molecule has 0 spiro atoms. The molecule has 38 valence electrons. The molecule has 0 saturated carbocycles. The van der Waals surface area contributed by atoms with E-state index in [2.05, 4.69) is 12.6 Å². The van der Waals surface area contributed by atoms with Crippen LogP contribution in [0.4, 0.5) is 0 Å². The topological polar surface area (TPSA) is 23.8 Å². The van der Waals surface area contributed by atoms with E-state index in [9.17, 15) is 0 Å². The summed E-state index contributed by atoms with van der Waals surface area (Å²) in [5.74, 6) is 0.0556. The molecule has 0 heterocycles. The molecule has 0 bridgehead atoms. The number of nitriles is 1. The van der Waals surface area contributed by atoms with Crippen molar-refractivity contribution in [3.8, 4) is 6.07 Å². The van der Waals surface area contributed by atoms with Gasteiger partial charge in [0.2, 0.25) is 0 Å². The summed E-state index contributed by atoms with van der Waals surface area (Å²) in [5.41, 5.74) is 0. The monoisotopic (exact) mass is 95.1 g/mol. The largest absolute Gasteiger partial charge is 0.198 e. The Morgan fingerprint density at radius 3 is 2.57 bits per heavy atom. The van der Waals surface area contributed by atoms with Crippen LogP contribution in [-0.2, 0) is 0 Å². The maximum atomic E-state index is 8.20. The zero-order valence-electron chi connectivity index (χ0n) is 4.52. The van der Waals surface area contributed by atoms with Crippen LogP contribution in [0.25, 0.3) is 0 Å². The van der Waals surface area contributed by atoms with Gasteiger partial charge in [-0.3, -0.25) is 0 Å². The van der Waals surface area contributed by atoms with Crippen LogP contribution < -0.4 is 0 Å². The van der Waals surface area contributed by atoms with Crippen LogP contribution >= 0.6 is 0 Å². The van der Waals surface area contributed by atoms with Crippen molar-refractivity contribution in [2.75, 3.05) is 0 Å². The fraction of sp³-hybridized carbons (Fsp3) is 0.500. The molecule has 0 aliphatic carbocycles. The lowest BCUT2D eigenvalue weighted by Crippen LogP contribution is -1.84. The summed E-state index contributed by atoms with van der Waals surface area (Å²) in [6.07, 6.45) is 2.54. The van der Waals surface area contributed by atoms with E-state index in [0.29, 0.717) is 0 Å². The minimum absolute atomic E-state index is 0.0556. The van der Waals surface area contributed by atoms with Crippen LogP contribution in [0, 0.1) is 17.2 Å². The number of nitrogens with zero attached hydrogens (tertiary/aromatic N) is 1. The minimum Gasteiger partial charge on any atom is -0.198 e. The lowest BCUT2D eigenvalue weighted by Gasteiger charge is -1.90. The molecule has 0 aromatic rings. The van der Waals surface area contributed by atoms with E-state index in [0.717, 1.165) is 6.42 Å². The number of hydrogen-bond donors (Lipinski definition) is 0. The van der Waals surface area contributed by atoms with Gasteiger partial charge in [0, 0.05) is 0 Å². The first-order chi connectivity index (χ1) is 3.35. The second kappa shape index (κ2) is 3.42. The molecule has 0 rings (SSSR count). The fourth-order valence-electron chi connectivity index (χ4n) is 0.311. The Morgan fingerprint density at radius 1 is 2.00 bits per heavy atom. The highest BCUT2D eigenvalue weighted by molar-refractivity contribution is 4.93. The average Bonchev–Trinajstić information content (AvgIpc) is 1.72. The molecular weight excluding hydrogens is 86.1 g/mol. The zero-order chi connectivity index (χ0) is 5.70. The summed E-state index contributed by atoms with van der Waals surface area (Å²) >= 11 is 0. The van der Waals surface area contributed by atoms with Crippen molar-refractivity contribution in [2.24, 2.45) is 5.92 Å². The Kier molecular flexibility index (Phi) is 3.04. The summed E-state index contributed by atoms with van der Waals surface area (Å²) < 4.78 is 0. The van der Waals surface area contributed by atoms with Gasteiger partial charge in [-0.2, -0.15) is 5.26 Å². The standard InChI is InChI=1S/C6H9N/c1-3-6(4-2)5-7/h3,6H,1,4H2,2H3. The van der Waals surface area contributed by atoms with Gasteiger partial charge in [-0.15, -0.1) is 6.58 Å². The zero-order valence-corrected chi connectivity index (χ0v) is 4.52. The molecule has 0 radical (unpaired) electrons. The summed E-state index contributed by atoms with van der Waals surface area (Å²) in [6.45, 7) is 5.45. The molecular formula is C6H9N. The molecule has 0 aliphatic rings. The molecule has 0 N–H and O–H groups in total. The second-order valence-electron chi connectivity index (χ2n) is 1.38. The third-order valence-electron chi connectivity index (χ3n) is 0.890. The van der Waals surface area contributed by atoms with E-state index in [1.54, 1.807) is 6.08 Å². The number of allylic oxidation sites excluding steroid dienone is 1. The van der Waals surface area contributed by atoms with E-state index in [-0.39, 0.29) is 5.92 Å². The summed E-state index contributed by atoms with van der Waals surface area (Å²) in [6, 6.07) is 2.08. The molecule has 0 fully saturated rings. The summed E-state index contributed by atoms with van der Waals surface area (Å²) in [7, 11) is 0. The predicted molar refractivity (Wildman–Crippen MR) is 29.6 cm³/mol. The van der Waals surface area contributed by atoms with Crippen molar-refractivity contribution in [3.05, 3.63) is 12.7 Å².